The van der Waals surface area contributed by atoms with Gasteiger partial charge >= 0.3 is 5.97 Å². The molecular formula is C20H20N4O5S. The summed E-state index contributed by atoms with van der Waals surface area (Å²) in [5.74, 6) is -0.0113. The number of aliphatic carboxylic acids is 1. The molecule has 0 fully saturated rings. The number of pyridine rings is 1. The number of nitrogens with one attached hydrogen (secondary N) is 2. The van der Waals surface area contributed by atoms with E-state index in [0.717, 1.165) is 16.4 Å². The van der Waals surface area contributed by atoms with Gasteiger partial charge in [0.15, 0.2) is 23.3 Å². The Balaban J connectivity index is 1.57. The molecule has 0 spiro atoms. The summed E-state index contributed by atoms with van der Waals surface area (Å²) in [6.45, 7) is 1.46. The summed E-state index contributed by atoms with van der Waals surface area (Å²) in [5, 5.41) is 16.6. The second-order valence-corrected chi connectivity index (χ2v) is 7.02. The highest BCUT2D eigenvalue weighted by Crippen LogP contribution is 2.27. The standard InChI is InChI=1S/C20H20N4O5S/c1-13-12-30-20(23-13)24-19-16(6-3-7-21-19)29-10-14-4-2-5-15(8-14)28-11-17(25)22-9-18(26)27/h2-8,12H,9-11H2,1H3,(H,22,25)(H,26,27)(H,21,23,24). The molecule has 156 valence electrons. The first-order valence-corrected chi connectivity index (χ1v) is 9.85. The summed E-state index contributed by atoms with van der Waals surface area (Å²) in [6, 6.07) is 10.7. The first-order valence-electron chi connectivity index (χ1n) is 8.97. The maximum absolute atomic E-state index is 11.6. The number of benzene rings is 1. The molecule has 10 heteroatoms. The number of carbonyl (C=O) groups is 2. The van der Waals surface area contributed by atoms with E-state index >= 15 is 0 Å². The lowest BCUT2D eigenvalue weighted by Crippen LogP contribution is -2.33. The number of hydrogen-bond donors (Lipinski definition) is 3. The van der Waals surface area contributed by atoms with E-state index in [4.69, 9.17) is 14.6 Å². The summed E-state index contributed by atoms with van der Waals surface area (Å²) in [5.41, 5.74) is 1.76. The Kier molecular flexibility index (Phi) is 7.17. The molecule has 0 saturated carbocycles. The van der Waals surface area contributed by atoms with Crippen LogP contribution in [0.1, 0.15) is 11.3 Å². The molecule has 30 heavy (non-hydrogen) atoms. The minimum Gasteiger partial charge on any atom is -0.485 e. The van der Waals surface area contributed by atoms with Crippen LogP contribution in [0.5, 0.6) is 11.5 Å². The molecule has 3 aromatic rings. The Labute approximate surface area is 176 Å². The molecule has 0 atom stereocenters. The normalized spacial score (nSPS) is 10.3. The number of carboxylic acids is 1. The van der Waals surface area contributed by atoms with Crippen molar-refractivity contribution in [3.05, 3.63) is 59.2 Å². The minimum atomic E-state index is -1.11. The lowest BCUT2D eigenvalue weighted by Gasteiger charge is -2.12. The van der Waals surface area contributed by atoms with Crippen LogP contribution in [0.15, 0.2) is 48.0 Å². The number of hydrogen-bond acceptors (Lipinski definition) is 8. The summed E-state index contributed by atoms with van der Waals surface area (Å²) in [6.07, 6.45) is 1.67. The van der Waals surface area contributed by atoms with Gasteiger partial charge < -0.3 is 25.2 Å². The Morgan fingerprint density at radius 1 is 1.20 bits per heavy atom. The van der Waals surface area contributed by atoms with Gasteiger partial charge in [0, 0.05) is 11.6 Å². The van der Waals surface area contributed by atoms with Gasteiger partial charge in [-0.15, -0.1) is 11.3 Å². The van der Waals surface area contributed by atoms with E-state index in [1.54, 1.807) is 30.5 Å². The highest BCUT2D eigenvalue weighted by molar-refractivity contribution is 7.13. The van der Waals surface area contributed by atoms with Gasteiger partial charge in [-0.25, -0.2) is 9.97 Å². The average Bonchev–Trinajstić information content (AvgIpc) is 3.15. The fourth-order valence-electron chi connectivity index (χ4n) is 2.37. The smallest absolute Gasteiger partial charge is 0.322 e. The van der Waals surface area contributed by atoms with E-state index in [1.807, 2.05) is 24.4 Å². The molecule has 0 unspecified atom stereocenters. The number of aryl methyl sites for hydroxylation is 1. The second-order valence-electron chi connectivity index (χ2n) is 6.16. The molecule has 2 heterocycles. The molecule has 0 radical (unpaired) electrons. The molecule has 0 bridgehead atoms. The van der Waals surface area contributed by atoms with Crippen molar-refractivity contribution in [3.63, 3.8) is 0 Å². The predicted octanol–water partition coefficient (Wildman–Crippen LogP) is 2.75. The molecule has 2 aromatic heterocycles. The maximum atomic E-state index is 11.6. The zero-order valence-corrected chi connectivity index (χ0v) is 16.9. The Morgan fingerprint density at radius 2 is 2.07 bits per heavy atom. The van der Waals surface area contributed by atoms with Gasteiger partial charge in [0.05, 0.1) is 5.69 Å². The van der Waals surface area contributed by atoms with Gasteiger partial charge in [-0.3, -0.25) is 9.59 Å². The number of anilines is 2. The zero-order chi connectivity index (χ0) is 21.3. The third-order valence-electron chi connectivity index (χ3n) is 3.71. The number of carbonyl (C=O) groups excluding carboxylic acids is 1. The van der Waals surface area contributed by atoms with E-state index in [1.165, 1.54) is 11.3 Å². The summed E-state index contributed by atoms with van der Waals surface area (Å²) in [7, 11) is 0. The van der Waals surface area contributed by atoms with E-state index in [2.05, 4.69) is 20.6 Å². The quantitative estimate of drug-likeness (QED) is 0.451. The van der Waals surface area contributed by atoms with Gasteiger partial charge in [-0.2, -0.15) is 0 Å². The van der Waals surface area contributed by atoms with Crippen molar-refractivity contribution in [1.29, 1.82) is 0 Å². The topological polar surface area (TPSA) is 123 Å². The number of ether oxygens (including phenoxy) is 2. The molecular weight excluding hydrogens is 408 g/mol. The van der Waals surface area contributed by atoms with Crippen molar-refractivity contribution in [2.24, 2.45) is 0 Å². The Bertz CT molecular complexity index is 1020. The third-order valence-corrected chi connectivity index (χ3v) is 4.59. The van der Waals surface area contributed by atoms with Crippen LogP contribution in [0, 0.1) is 6.92 Å². The number of thiazole rings is 1. The van der Waals surface area contributed by atoms with Crippen LogP contribution in [-0.4, -0.2) is 40.1 Å². The third kappa shape index (κ3) is 6.45. The zero-order valence-electron chi connectivity index (χ0n) is 16.1. The summed E-state index contributed by atoms with van der Waals surface area (Å²) in [4.78, 5) is 30.7. The molecule has 3 N–H and O–H groups in total. The summed E-state index contributed by atoms with van der Waals surface area (Å²) < 4.78 is 11.3. The van der Waals surface area contributed by atoms with Gasteiger partial charge in [-0.05, 0) is 36.8 Å². The molecule has 3 rings (SSSR count). The van der Waals surface area contributed by atoms with Crippen LogP contribution in [-0.2, 0) is 16.2 Å². The second kappa shape index (κ2) is 10.2. The number of nitrogens with zero attached hydrogens (tertiary/aromatic N) is 2. The fourth-order valence-corrected chi connectivity index (χ4v) is 3.06. The van der Waals surface area contributed by atoms with Crippen LogP contribution in [0.2, 0.25) is 0 Å². The van der Waals surface area contributed by atoms with E-state index in [0.29, 0.717) is 17.3 Å². The fraction of sp³-hybridized carbons (Fsp3) is 0.200. The van der Waals surface area contributed by atoms with Crippen LogP contribution in [0.3, 0.4) is 0 Å². The van der Waals surface area contributed by atoms with Crippen molar-refractivity contribution in [3.8, 4) is 11.5 Å². The molecule has 0 aliphatic rings. The monoisotopic (exact) mass is 428 g/mol. The van der Waals surface area contributed by atoms with Gasteiger partial charge in [0.2, 0.25) is 0 Å². The first kappa shape index (κ1) is 21.1. The highest BCUT2D eigenvalue weighted by atomic mass is 32.1. The largest absolute Gasteiger partial charge is 0.485 e. The summed E-state index contributed by atoms with van der Waals surface area (Å²) >= 11 is 1.48. The number of carboxylic acid groups (broad SMARTS) is 1. The van der Waals surface area contributed by atoms with Crippen LogP contribution < -0.4 is 20.1 Å². The van der Waals surface area contributed by atoms with Crippen LogP contribution in [0.4, 0.5) is 10.9 Å². The van der Waals surface area contributed by atoms with Crippen molar-refractivity contribution in [1.82, 2.24) is 15.3 Å². The van der Waals surface area contributed by atoms with Crippen molar-refractivity contribution in [2.75, 3.05) is 18.5 Å². The van der Waals surface area contributed by atoms with E-state index in [-0.39, 0.29) is 13.2 Å². The predicted molar refractivity (Wildman–Crippen MR) is 111 cm³/mol. The molecule has 9 nitrogen and oxygen atoms in total. The molecule has 1 amide bonds. The highest BCUT2D eigenvalue weighted by Gasteiger charge is 2.09. The van der Waals surface area contributed by atoms with Gasteiger partial charge in [-0.1, -0.05) is 12.1 Å². The number of rotatable bonds is 10. The van der Waals surface area contributed by atoms with Crippen molar-refractivity contribution < 1.29 is 24.2 Å². The van der Waals surface area contributed by atoms with Crippen molar-refractivity contribution in [2.45, 2.75) is 13.5 Å². The number of aromatic nitrogens is 2. The molecule has 0 aliphatic carbocycles. The molecule has 0 aliphatic heterocycles. The average molecular weight is 428 g/mol. The Hall–Kier alpha value is -3.66. The molecule has 0 saturated heterocycles. The van der Waals surface area contributed by atoms with Gasteiger partial charge in [0.1, 0.15) is 18.9 Å². The van der Waals surface area contributed by atoms with Crippen LogP contribution in [0.25, 0.3) is 0 Å². The lowest BCUT2D eigenvalue weighted by atomic mass is 10.2. The van der Waals surface area contributed by atoms with Crippen LogP contribution >= 0.6 is 11.3 Å². The van der Waals surface area contributed by atoms with Crippen molar-refractivity contribution >= 4 is 34.2 Å². The van der Waals surface area contributed by atoms with E-state index < -0.39 is 18.4 Å². The first-order chi connectivity index (χ1) is 14.5. The van der Waals surface area contributed by atoms with Gasteiger partial charge in [0.25, 0.3) is 5.91 Å². The molecule has 1 aromatic carbocycles. The van der Waals surface area contributed by atoms with E-state index in [9.17, 15) is 9.59 Å². The Morgan fingerprint density at radius 3 is 2.83 bits per heavy atom. The number of amides is 1. The lowest BCUT2D eigenvalue weighted by molar-refractivity contribution is -0.138. The maximum Gasteiger partial charge on any atom is 0.322 e. The SMILES string of the molecule is Cc1csc(Nc2ncccc2OCc2cccc(OCC(=O)NCC(=O)O)c2)n1. The minimum absolute atomic E-state index is 0.264.